The smallest absolute Gasteiger partial charge is 0.323 e. The van der Waals surface area contributed by atoms with Gasteiger partial charge >= 0.3 is 15.2 Å². The summed E-state index contributed by atoms with van der Waals surface area (Å²) < 4.78 is 24.9. The van der Waals surface area contributed by atoms with E-state index in [4.69, 9.17) is 0 Å². The molecule has 0 bridgehead atoms. The lowest BCUT2D eigenvalue weighted by Gasteiger charge is -2.54. The average molecular weight is 397 g/mol. The Labute approximate surface area is 150 Å². The molecule has 1 rings (SSSR count). The van der Waals surface area contributed by atoms with Crippen LogP contribution >= 0.6 is 15.2 Å². The normalized spacial score (nSPS) is 23.5. The molecule has 7 nitrogen and oxygen atoms in total. The van der Waals surface area contributed by atoms with Gasteiger partial charge in [0.1, 0.15) is 0 Å². The Morgan fingerprint density at radius 2 is 1.64 bits per heavy atom. The lowest BCUT2D eigenvalue weighted by Crippen LogP contribution is -2.60. The molecule has 0 aliphatic heterocycles. The van der Waals surface area contributed by atoms with Crippen molar-refractivity contribution in [2.24, 2.45) is 0 Å². The SMILES string of the molecule is CCC1=CCCCCC1(CC)N(CC)C(CC)(P(=O)(O)O)P(=O)(O)O. The van der Waals surface area contributed by atoms with Crippen LogP contribution in [0.25, 0.3) is 0 Å². The van der Waals surface area contributed by atoms with E-state index in [0.717, 1.165) is 24.8 Å². The van der Waals surface area contributed by atoms with E-state index >= 15 is 0 Å². The van der Waals surface area contributed by atoms with Gasteiger partial charge in [0.15, 0.2) is 0 Å². The van der Waals surface area contributed by atoms with E-state index in [-0.39, 0.29) is 13.0 Å². The third-order valence-electron chi connectivity index (χ3n) is 5.67. The summed E-state index contributed by atoms with van der Waals surface area (Å²) in [5.74, 6) is 0. The Bertz CT molecular complexity index is 559. The Morgan fingerprint density at radius 3 is 2.00 bits per heavy atom. The van der Waals surface area contributed by atoms with Crippen LogP contribution in [0, 0.1) is 0 Å². The molecule has 4 N–H and O–H groups in total. The minimum atomic E-state index is -5.14. The van der Waals surface area contributed by atoms with Crippen molar-refractivity contribution in [3.8, 4) is 0 Å². The predicted octanol–water partition coefficient (Wildman–Crippen LogP) is 3.79. The maximum atomic E-state index is 12.5. The van der Waals surface area contributed by atoms with E-state index in [1.807, 2.05) is 13.8 Å². The van der Waals surface area contributed by atoms with Gasteiger partial charge in [-0.15, -0.1) is 0 Å². The molecular formula is C16H33NO6P2. The van der Waals surface area contributed by atoms with Gasteiger partial charge in [-0.25, -0.2) is 0 Å². The number of hydrogen-bond acceptors (Lipinski definition) is 3. The van der Waals surface area contributed by atoms with Crippen molar-refractivity contribution in [2.45, 2.75) is 83.2 Å². The molecule has 0 saturated carbocycles. The maximum Gasteiger partial charge on any atom is 0.358 e. The summed E-state index contributed by atoms with van der Waals surface area (Å²) in [5.41, 5.74) is 0.271. The Kier molecular flexibility index (Phi) is 7.69. The highest BCUT2D eigenvalue weighted by Crippen LogP contribution is 2.73. The van der Waals surface area contributed by atoms with Gasteiger partial charge in [0, 0.05) is 5.54 Å². The van der Waals surface area contributed by atoms with Crippen molar-refractivity contribution in [1.29, 1.82) is 0 Å². The number of hydrogen-bond donors (Lipinski definition) is 4. The second-order valence-electron chi connectivity index (χ2n) is 6.67. The van der Waals surface area contributed by atoms with Crippen molar-refractivity contribution in [3.05, 3.63) is 11.6 Å². The maximum absolute atomic E-state index is 12.5. The van der Waals surface area contributed by atoms with Gasteiger partial charge in [0.25, 0.3) is 0 Å². The van der Waals surface area contributed by atoms with Crippen LogP contribution in [0.5, 0.6) is 0 Å². The lowest BCUT2D eigenvalue weighted by molar-refractivity contribution is 0.0462. The summed E-state index contributed by atoms with van der Waals surface area (Å²) in [6.07, 6.45) is 6.34. The first-order valence-corrected chi connectivity index (χ1v) is 12.3. The molecule has 148 valence electrons. The topological polar surface area (TPSA) is 118 Å². The van der Waals surface area contributed by atoms with E-state index in [2.05, 4.69) is 6.08 Å². The van der Waals surface area contributed by atoms with Crippen LogP contribution in [0.2, 0.25) is 0 Å². The molecule has 1 aliphatic rings. The summed E-state index contributed by atoms with van der Waals surface area (Å²) in [7, 11) is -10.3. The van der Waals surface area contributed by atoms with Gasteiger partial charge in [-0.2, -0.15) is 0 Å². The molecule has 0 spiro atoms. The molecule has 0 aromatic rings. The van der Waals surface area contributed by atoms with E-state index in [9.17, 15) is 28.7 Å². The second-order valence-corrected chi connectivity index (χ2v) is 10.7. The predicted molar refractivity (Wildman–Crippen MR) is 99.4 cm³/mol. The highest BCUT2D eigenvalue weighted by Gasteiger charge is 2.66. The standard InChI is InChI=1S/C16H33NO6P2/c1-5-14-12-10-9-11-13-15(14,6-2)17(8-4)16(7-3,24(18,19)20)25(21,22)23/h12H,5-11,13H2,1-4H3,(H2,18,19,20)(H2,21,22,23). The summed E-state index contributed by atoms with van der Waals surface area (Å²) >= 11 is 0. The molecule has 0 amide bonds. The molecule has 0 saturated heterocycles. The van der Waals surface area contributed by atoms with Gasteiger partial charge in [-0.05, 0) is 45.1 Å². The molecule has 9 heteroatoms. The minimum Gasteiger partial charge on any atom is -0.323 e. The molecule has 1 aliphatic carbocycles. The highest BCUT2D eigenvalue weighted by atomic mass is 31.2. The first-order chi connectivity index (χ1) is 11.5. The van der Waals surface area contributed by atoms with Crippen LogP contribution in [0.15, 0.2) is 11.6 Å². The third-order valence-corrected chi connectivity index (χ3v) is 10.2. The fourth-order valence-corrected chi connectivity index (χ4v) is 8.03. The molecule has 1 unspecified atom stereocenters. The van der Waals surface area contributed by atoms with Crippen molar-refractivity contribution >= 4 is 15.2 Å². The van der Waals surface area contributed by atoms with Gasteiger partial charge in [0.2, 0.25) is 5.02 Å². The minimum absolute atomic E-state index is 0.148. The van der Waals surface area contributed by atoms with E-state index < -0.39 is 25.8 Å². The lowest BCUT2D eigenvalue weighted by atomic mass is 9.80. The largest absolute Gasteiger partial charge is 0.358 e. The first kappa shape index (κ1) is 23.0. The van der Waals surface area contributed by atoms with E-state index in [0.29, 0.717) is 19.3 Å². The highest BCUT2D eigenvalue weighted by molar-refractivity contribution is 7.72. The molecule has 0 radical (unpaired) electrons. The van der Waals surface area contributed by atoms with Gasteiger partial charge in [-0.3, -0.25) is 14.0 Å². The molecule has 0 heterocycles. The number of nitrogens with zero attached hydrogens (tertiary/aromatic N) is 1. The van der Waals surface area contributed by atoms with Gasteiger partial charge in [0.05, 0.1) is 0 Å². The van der Waals surface area contributed by atoms with Crippen LogP contribution in [0.3, 0.4) is 0 Å². The van der Waals surface area contributed by atoms with Crippen molar-refractivity contribution in [1.82, 2.24) is 4.90 Å². The molecule has 1 atom stereocenters. The third kappa shape index (κ3) is 3.84. The quantitative estimate of drug-likeness (QED) is 0.363. The molecule has 25 heavy (non-hydrogen) atoms. The monoisotopic (exact) mass is 397 g/mol. The van der Waals surface area contributed by atoms with E-state index in [1.54, 1.807) is 6.92 Å². The zero-order valence-electron chi connectivity index (χ0n) is 15.7. The van der Waals surface area contributed by atoms with Gasteiger partial charge in [-0.1, -0.05) is 45.8 Å². The van der Waals surface area contributed by atoms with Crippen LogP contribution in [-0.4, -0.2) is 41.6 Å². The number of likely N-dealkylation sites (N-methyl/N-ethyl adjacent to an activating group) is 1. The zero-order chi connectivity index (χ0) is 19.5. The fourth-order valence-electron chi connectivity index (χ4n) is 4.55. The van der Waals surface area contributed by atoms with Crippen LogP contribution < -0.4 is 0 Å². The second kappa shape index (κ2) is 8.35. The van der Waals surface area contributed by atoms with Crippen LogP contribution in [0.4, 0.5) is 0 Å². The van der Waals surface area contributed by atoms with Crippen LogP contribution in [-0.2, 0) is 9.13 Å². The Balaban J connectivity index is 3.80. The summed E-state index contributed by atoms with van der Waals surface area (Å²) in [4.78, 5) is 41.8. The first-order valence-electron chi connectivity index (χ1n) is 9.07. The summed E-state index contributed by atoms with van der Waals surface area (Å²) in [5, 5.41) is -2.50. The fraction of sp³-hybridized carbons (Fsp3) is 0.875. The molecule has 0 aromatic carbocycles. The number of allylic oxidation sites excluding steroid dienone is 1. The van der Waals surface area contributed by atoms with Crippen molar-refractivity contribution in [3.63, 3.8) is 0 Å². The Hall–Kier alpha value is -0.0000000000000000416. The summed E-state index contributed by atoms with van der Waals surface area (Å²) in [6, 6.07) is 0. The van der Waals surface area contributed by atoms with Crippen LogP contribution in [0.1, 0.15) is 72.6 Å². The van der Waals surface area contributed by atoms with Crippen molar-refractivity contribution in [2.75, 3.05) is 6.54 Å². The van der Waals surface area contributed by atoms with Crippen molar-refractivity contribution < 1.29 is 28.7 Å². The number of rotatable bonds is 8. The van der Waals surface area contributed by atoms with Gasteiger partial charge < -0.3 is 19.6 Å². The Morgan fingerprint density at radius 1 is 1.08 bits per heavy atom. The molecule has 0 aromatic heterocycles. The summed E-state index contributed by atoms with van der Waals surface area (Å²) in [6.45, 7) is 7.21. The van der Waals surface area contributed by atoms with E-state index in [1.165, 1.54) is 11.8 Å². The average Bonchev–Trinajstić information content (AvgIpc) is 2.72. The zero-order valence-corrected chi connectivity index (χ0v) is 17.5. The molecular weight excluding hydrogens is 364 g/mol. The molecule has 0 fully saturated rings.